The monoisotopic (exact) mass is 622 g/mol. The second-order valence-corrected chi connectivity index (χ2v) is 11.8. The first-order chi connectivity index (χ1) is 21.2. The third kappa shape index (κ3) is 5.71. The maximum Gasteiger partial charge on any atom is 0.340 e. The van der Waals surface area contributed by atoms with Gasteiger partial charge in [0.1, 0.15) is 22.9 Å². The van der Waals surface area contributed by atoms with E-state index in [1.165, 1.54) is 24.1 Å². The molecular weight excluding hydrogens is 588 g/mol. The molecule has 0 spiro atoms. The van der Waals surface area contributed by atoms with Crippen LogP contribution in [0.25, 0.3) is 16.2 Å². The number of nitrogens with zero attached hydrogens (tertiary/aromatic N) is 4. The number of amides is 1. The fraction of sp³-hybridized carbons (Fsp3) is 0.419. The average molecular weight is 623 g/mol. The summed E-state index contributed by atoms with van der Waals surface area (Å²) >= 11 is 1.09. The number of aryl methyl sites for hydroxylation is 1. The Bertz CT molecular complexity index is 1810. The third-order valence-electron chi connectivity index (χ3n) is 7.83. The maximum atomic E-state index is 14.0. The smallest absolute Gasteiger partial charge is 0.340 e. The van der Waals surface area contributed by atoms with Crippen molar-refractivity contribution in [3.63, 3.8) is 0 Å². The molecular formula is C31H34N4O8S. The SMILES string of the molecule is CCC(=O)O[C@@H](Cn1c(=O)n(-c2ncco2)c(=O)c2c(C(=O)C(C)C(=O)N3CCCCC3)c(C)sc21)c1ccccc1OC. The third-order valence-corrected chi connectivity index (χ3v) is 8.96. The molecule has 1 aliphatic heterocycles. The normalized spacial score (nSPS) is 14.8. The lowest BCUT2D eigenvalue weighted by Crippen LogP contribution is -2.42. The number of rotatable bonds is 10. The van der Waals surface area contributed by atoms with Crippen molar-refractivity contribution >= 4 is 39.2 Å². The van der Waals surface area contributed by atoms with E-state index in [2.05, 4.69) is 4.98 Å². The van der Waals surface area contributed by atoms with Gasteiger partial charge in [-0.25, -0.2) is 9.78 Å². The lowest BCUT2D eigenvalue weighted by atomic mass is 9.95. The first-order valence-electron chi connectivity index (χ1n) is 14.5. The van der Waals surface area contributed by atoms with Gasteiger partial charge in [-0.05, 0) is 39.2 Å². The van der Waals surface area contributed by atoms with E-state index in [9.17, 15) is 24.0 Å². The van der Waals surface area contributed by atoms with Crippen molar-refractivity contribution in [3.05, 3.63) is 73.6 Å². The summed E-state index contributed by atoms with van der Waals surface area (Å²) < 4.78 is 18.7. The largest absolute Gasteiger partial charge is 0.496 e. The fourth-order valence-electron chi connectivity index (χ4n) is 5.53. The summed E-state index contributed by atoms with van der Waals surface area (Å²) in [6.45, 7) is 5.83. The topological polar surface area (TPSA) is 143 Å². The Hall–Kier alpha value is -4.52. The summed E-state index contributed by atoms with van der Waals surface area (Å²) in [4.78, 5) is 74.3. The summed E-state index contributed by atoms with van der Waals surface area (Å²) in [5, 5.41) is -0.0332. The van der Waals surface area contributed by atoms with Crippen molar-refractivity contribution in [2.45, 2.75) is 59.1 Å². The molecule has 5 rings (SSSR count). The highest BCUT2D eigenvalue weighted by atomic mass is 32.1. The number of Topliss-reactive ketones (excluding diaryl/α,β-unsaturated/α-hetero) is 1. The van der Waals surface area contributed by atoms with E-state index in [0.717, 1.165) is 35.2 Å². The van der Waals surface area contributed by atoms with Gasteiger partial charge in [-0.15, -0.1) is 11.3 Å². The van der Waals surface area contributed by atoms with Crippen molar-refractivity contribution in [2.75, 3.05) is 20.2 Å². The standard InChI is InChI=1S/C31H34N4O8S/c1-5-23(36)43-22(20-11-7-8-12-21(20)41-4)17-34-29-25(28(39)35(31(34)40)30-32-13-16-42-30)24(19(3)44-29)26(37)18(2)27(38)33-14-9-6-10-15-33/h7-8,11-13,16,18,22H,5-6,9-10,14-15,17H2,1-4H3/t18?,22-/m0/s1. The van der Waals surface area contributed by atoms with E-state index in [0.29, 0.717) is 29.3 Å². The summed E-state index contributed by atoms with van der Waals surface area (Å²) in [5.41, 5.74) is -1.01. The number of likely N-dealkylation sites (tertiary alicyclic amines) is 1. The van der Waals surface area contributed by atoms with Crippen LogP contribution < -0.4 is 16.0 Å². The molecule has 0 bridgehead atoms. The number of aromatic nitrogens is 3. The molecule has 1 saturated heterocycles. The maximum absolute atomic E-state index is 14.0. The van der Waals surface area contributed by atoms with Gasteiger partial charge in [0.25, 0.3) is 5.56 Å². The molecule has 4 aromatic rings. The zero-order valence-electron chi connectivity index (χ0n) is 25.0. The van der Waals surface area contributed by atoms with Crippen molar-refractivity contribution in [1.29, 1.82) is 0 Å². The quantitative estimate of drug-likeness (QED) is 0.145. The minimum Gasteiger partial charge on any atom is -0.496 e. The molecule has 0 radical (unpaired) electrons. The van der Waals surface area contributed by atoms with Crippen LogP contribution in [0.15, 0.2) is 50.7 Å². The highest BCUT2D eigenvalue weighted by Gasteiger charge is 2.34. The fourth-order valence-corrected chi connectivity index (χ4v) is 6.68. The van der Waals surface area contributed by atoms with Crippen LogP contribution >= 0.6 is 11.3 Å². The molecule has 0 aliphatic carbocycles. The summed E-state index contributed by atoms with van der Waals surface area (Å²) in [7, 11) is 1.48. The number of piperidine rings is 1. The second kappa shape index (κ2) is 13.0. The molecule has 3 aromatic heterocycles. The van der Waals surface area contributed by atoms with Crippen LogP contribution in [0.1, 0.15) is 66.4 Å². The first kappa shape index (κ1) is 30.9. The number of benzene rings is 1. The van der Waals surface area contributed by atoms with Gasteiger partial charge in [-0.3, -0.25) is 23.7 Å². The molecule has 232 valence electrons. The number of para-hydroxylation sites is 1. The molecule has 1 amide bonds. The van der Waals surface area contributed by atoms with Gasteiger partial charge in [0.15, 0.2) is 5.78 Å². The van der Waals surface area contributed by atoms with Crippen molar-refractivity contribution in [1.82, 2.24) is 19.0 Å². The van der Waals surface area contributed by atoms with E-state index < -0.39 is 35.0 Å². The summed E-state index contributed by atoms with van der Waals surface area (Å²) in [6.07, 6.45) is 4.39. The number of thiophene rings is 1. The molecule has 1 unspecified atom stereocenters. The molecule has 1 aliphatic rings. The van der Waals surface area contributed by atoms with E-state index in [-0.39, 0.29) is 40.7 Å². The van der Waals surface area contributed by atoms with E-state index in [1.807, 2.05) is 0 Å². The number of fused-ring (bicyclic) bond motifs is 1. The highest BCUT2D eigenvalue weighted by molar-refractivity contribution is 7.19. The number of hydrogen-bond acceptors (Lipinski definition) is 10. The van der Waals surface area contributed by atoms with Gasteiger partial charge < -0.3 is 18.8 Å². The summed E-state index contributed by atoms with van der Waals surface area (Å²) in [6, 6.07) is 6.67. The Morgan fingerprint density at radius 2 is 1.84 bits per heavy atom. The predicted octanol–water partition coefficient (Wildman–Crippen LogP) is 4.04. The molecule has 2 atom stereocenters. The number of carbonyl (C=O) groups is 3. The van der Waals surface area contributed by atoms with Crippen molar-refractivity contribution in [3.8, 4) is 11.8 Å². The molecule has 44 heavy (non-hydrogen) atoms. The molecule has 1 fully saturated rings. The number of ketones is 1. The zero-order valence-corrected chi connectivity index (χ0v) is 25.8. The lowest BCUT2D eigenvalue weighted by Gasteiger charge is -2.28. The predicted molar refractivity (Wildman–Crippen MR) is 163 cm³/mol. The highest BCUT2D eigenvalue weighted by Crippen LogP contribution is 2.34. The van der Waals surface area contributed by atoms with Crippen molar-refractivity contribution in [2.24, 2.45) is 5.92 Å². The van der Waals surface area contributed by atoms with Crippen LogP contribution in [0, 0.1) is 12.8 Å². The minimum absolute atomic E-state index is 0.0332. The van der Waals surface area contributed by atoms with Crippen LogP contribution in [0.5, 0.6) is 5.75 Å². The van der Waals surface area contributed by atoms with Gasteiger partial charge in [0.05, 0.1) is 31.2 Å². The van der Waals surface area contributed by atoms with Crippen LogP contribution in [0.4, 0.5) is 0 Å². The second-order valence-electron chi connectivity index (χ2n) is 10.6. The van der Waals surface area contributed by atoms with Gasteiger partial charge in [0, 0.05) is 35.5 Å². The van der Waals surface area contributed by atoms with Gasteiger partial charge >= 0.3 is 17.7 Å². The zero-order chi connectivity index (χ0) is 31.5. The molecule has 13 heteroatoms. The van der Waals surface area contributed by atoms with Gasteiger partial charge in [-0.1, -0.05) is 25.1 Å². The van der Waals surface area contributed by atoms with Gasteiger partial charge in [0.2, 0.25) is 5.91 Å². The van der Waals surface area contributed by atoms with Gasteiger partial charge in [-0.2, -0.15) is 4.57 Å². The van der Waals surface area contributed by atoms with E-state index in [1.54, 1.807) is 49.9 Å². The van der Waals surface area contributed by atoms with Crippen LogP contribution in [0.3, 0.4) is 0 Å². The average Bonchev–Trinajstić information content (AvgIpc) is 3.69. The number of methoxy groups -OCH3 is 1. The van der Waals surface area contributed by atoms with Crippen LogP contribution in [0.2, 0.25) is 0 Å². The van der Waals surface area contributed by atoms with Crippen LogP contribution in [-0.4, -0.2) is 56.9 Å². The van der Waals surface area contributed by atoms with Crippen molar-refractivity contribution < 1.29 is 28.3 Å². The lowest BCUT2D eigenvalue weighted by molar-refractivity contribution is -0.149. The molecule has 12 nitrogen and oxygen atoms in total. The summed E-state index contributed by atoms with van der Waals surface area (Å²) in [5.74, 6) is -1.90. The number of esters is 1. The number of carbonyl (C=O) groups excluding carboxylic acids is 3. The Labute approximate surface area is 256 Å². The Morgan fingerprint density at radius 1 is 1.11 bits per heavy atom. The number of ether oxygens (including phenoxy) is 2. The number of oxazole rings is 1. The first-order valence-corrected chi connectivity index (χ1v) is 15.3. The van der Waals surface area contributed by atoms with E-state index >= 15 is 0 Å². The molecule has 0 N–H and O–H groups in total. The number of hydrogen-bond donors (Lipinski definition) is 0. The van der Waals surface area contributed by atoms with Crippen LogP contribution in [-0.2, 0) is 20.9 Å². The Morgan fingerprint density at radius 3 is 2.50 bits per heavy atom. The Balaban J connectivity index is 1.70. The Kier molecular flexibility index (Phi) is 9.14. The van der Waals surface area contributed by atoms with E-state index in [4.69, 9.17) is 13.9 Å². The minimum atomic E-state index is -1.04. The molecule has 1 aromatic carbocycles. The molecule has 0 saturated carbocycles. The molecule has 4 heterocycles.